The normalized spacial score (nSPS) is 12.7. The molecular formula is C14H19N3O. The number of nitrogens with zero attached hydrogens (tertiary/aromatic N) is 3. The van der Waals surface area contributed by atoms with Crippen LogP contribution in [0.3, 0.4) is 0 Å². The fourth-order valence-corrected chi connectivity index (χ4v) is 1.98. The predicted molar refractivity (Wildman–Crippen MR) is 70.2 cm³/mol. The van der Waals surface area contributed by atoms with Crippen molar-refractivity contribution < 1.29 is 5.11 Å². The summed E-state index contributed by atoms with van der Waals surface area (Å²) < 4.78 is 1.83. The van der Waals surface area contributed by atoms with E-state index in [1.807, 2.05) is 36.9 Å². The van der Waals surface area contributed by atoms with Gasteiger partial charge in [-0.25, -0.2) is 0 Å². The Kier molecular flexibility index (Phi) is 3.77. The lowest BCUT2D eigenvalue weighted by atomic mass is 10.1. The number of rotatable bonds is 4. The largest absolute Gasteiger partial charge is 0.386 e. The molecule has 0 aliphatic carbocycles. The van der Waals surface area contributed by atoms with Crippen molar-refractivity contribution in [2.75, 3.05) is 0 Å². The highest BCUT2D eigenvalue weighted by Gasteiger charge is 2.13. The highest BCUT2D eigenvalue weighted by atomic mass is 16.3. The van der Waals surface area contributed by atoms with Gasteiger partial charge >= 0.3 is 0 Å². The molecule has 4 nitrogen and oxygen atoms in total. The third kappa shape index (κ3) is 2.76. The van der Waals surface area contributed by atoms with E-state index in [0.717, 1.165) is 23.4 Å². The zero-order valence-corrected chi connectivity index (χ0v) is 11.1. The highest BCUT2D eigenvalue weighted by molar-refractivity contribution is 5.19. The molecule has 18 heavy (non-hydrogen) atoms. The minimum atomic E-state index is -0.579. The Hall–Kier alpha value is -1.68. The maximum atomic E-state index is 10.2. The molecule has 0 saturated heterocycles. The quantitative estimate of drug-likeness (QED) is 0.896. The minimum Gasteiger partial charge on any atom is -0.386 e. The van der Waals surface area contributed by atoms with E-state index in [4.69, 9.17) is 0 Å². The van der Waals surface area contributed by atoms with Crippen LogP contribution in [0.4, 0.5) is 0 Å². The lowest BCUT2D eigenvalue weighted by Gasteiger charge is -2.10. The zero-order valence-electron chi connectivity index (χ0n) is 11.1. The van der Waals surface area contributed by atoms with Crippen molar-refractivity contribution in [3.63, 3.8) is 0 Å². The smallest absolute Gasteiger partial charge is 0.101 e. The van der Waals surface area contributed by atoms with E-state index in [1.165, 1.54) is 0 Å². The van der Waals surface area contributed by atoms with Crippen LogP contribution >= 0.6 is 0 Å². The zero-order chi connectivity index (χ0) is 13.1. The van der Waals surface area contributed by atoms with Gasteiger partial charge < -0.3 is 5.11 Å². The molecule has 1 unspecified atom stereocenters. The monoisotopic (exact) mass is 245 g/mol. The van der Waals surface area contributed by atoms with Crippen LogP contribution in [0, 0.1) is 6.92 Å². The van der Waals surface area contributed by atoms with Gasteiger partial charge in [-0.3, -0.25) is 9.67 Å². The summed E-state index contributed by atoms with van der Waals surface area (Å²) in [6.45, 7) is 4.07. The molecule has 0 aromatic carbocycles. The summed E-state index contributed by atoms with van der Waals surface area (Å²) in [5, 5.41) is 14.6. The Morgan fingerprint density at radius 1 is 1.39 bits per heavy atom. The molecular weight excluding hydrogens is 226 g/mol. The van der Waals surface area contributed by atoms with Crippen molar-refractivity contribution in [2.24, 2.45) is 7.05 Å². The molecule has 1 atom stereocenters. The van der Waals surface area contributed by atoms with Gasteiger partial charge in [0.2, 0.25) is 0 Å². The van der Waals surface area contributed by atoms with Gasteiger partial charge in [0.05, 0.1) is 11.4 Å². The van der Waals surface area contributed by atoms with Gasteiger partial charge in [0.1, 0.15) is 6.10 Å². The van der Waals surface area contributed by atoms with Crippen molar-refractivity contribution in [2.45, 2.75) is 32.8 Å². The summed E-state index contributed by atoms with van der Waals surface area (Å²) in [6.07, 6.45) is 2.60. The van der Waals surface area contributed by atoms with Crippen LogP contribution in [0.1, 0.15) is 35.7 Å². The van der Waals surface area contributed by atoms with E-state index >= 15 is 0 Å². The molecule has 2 aromatic heterocycles. The van der Waals surface area contributed by atoms with Gasteiger partial charge in [0, 0.05) is 25.4 Å². The molecule has 2 aromatic rings. The molecule has 0 amide bonds. The average molecular weight is 245 g/mol. The lowest BCUT2D eigenvalue weighted by molar-refractivity contribution is 0.171. The molecule has 2 heterocycles. The molecule has 0 fully saturated rings. The van der Waals surface area contributed by atoms with Gasteiger partial charge in [-0.15, -0.1) is 0 Å². The van der Waals surface area contributed by atoms with Crippen molar-refractivity contribution in [3.8, 4) is 0 Å². The number of aliphatic hydroxyl groups is 1. The molecule has 1 N–H and O–H groups in total. The van der Waals surface area contributed by atoms with Crippen LogP contribution < -0.4 is 0 Å². The minimum absolute atomic E-state index is 0.542. The van der Waals surface area contributed by atoms with E-state index in [-0.39, 0.29) is 0 Å². The van der Waals surface area contributed by atoms with E-state index in [0.29, 0.717) is 12.1 Å². The van der Waals surface area contributed by atoms with Crippen molar-refractivity contribution in [3.05, 3.63) is 47.0 Å². The van der Waals surface area contributed by atoms with Gasteiger partial charge in [-0.2, -0.15) is 5.10 Å². The number of aliphatic hydroxyl groups excluding tert-OH is 1. The number of aromatic nitrogens is 3. The van der Waals surface area contributed by atoms with Crippen LogP contribution in [0.2, 0.25) is 0 Å². The second-order valence-corrected chi connectivity index (χ2v) is 4.58. The Bertz CT molecular complexity index is 534. The van der Waals surface area contributed by atoms with Crippen LogP contribution in [0.5, 0.6) is 0 Å². The van der Waals surface area contributed by atoms with E-state index < -0.39 is 6.10 Å². The molecule has 0 aliphatic rings. The van der Waals surface area contributed by atoms with Crippen LogP contribution in [-0.2, 0) is 19.9 Å². The summed E-state index contributed by atoms with van der Waals surface area (Å²) in [5.41, 5.74) is 3.91. The average Bonchev–Trinajstić information content (AvgIpc) is 2.70. The lowest BCUT2D eigenvalue weighted by Crippen LogP contribution is -2.08. The fraction of sp³-hybridized carbons (Fsp3) is 0.429. The first kappa shape index (κ1) is 12.8. The Morgan fingerprint density at radius 2 is 2.17 bits per heavy atom. The number of pyridine rings is 1. The van der Waals surface area contributed by atoms with E-state index in [9.17, 15) is 5.11 Å². The third-order valence-electron chi connectivity index (χ3n) is 3.07. The molecule has 0 aliphatic heterocycles. The molecule has 96 valence electrons. The third-order valence-corrected chi connectivity index (χ3v) is 3.07. The summed E-state index contributed by atoms with van der Waals surface area (Å²) in [4.78, 5) is 4.21. The number of aryl methyl sites for hydroxylation is 3. The van der Waals surface area contributed by atoms with Crippen LogP contribution in [0.25, 0.3) is 0 Å². The highest BCUT2D eigenvalue weighted by Crippen LogP contribution is 2.17. The molecule has 0 bridgehead atoms. The first-order valence-electron chi connectivity index (χ1n) is 6.22. The van der Waals surface area contributed by atoms with Crippen molar-refractivity contribution in [1.82, 2.24) is 14.8 Å². The summed E-state index contributed by atoms with van der Waals surface area (Å²) in [5.74, 6) is 0. The number of hydrogen-bond donors (Lipinski definition) is 1. The second kappa shape index (κ2) is 5.31. The summed E-state index contributed by atoms with van der Waals surface area (Å²) in [7, 11) is 1.91. The predicted octanol–water partition coefficient (Wildman–Crippen LogP) is 1.96. The Morgan fingerprint density at radius 3 is 2.78 bits per heavy atom. The first-order chi connectivity index (χ1) is 8.60. The topological polar surface area (TPSA) is 50.9 Å². The molecule has 4 heteroatoms. The SMILES string of the molecule is CCc1cc(CC(O)c2cc(C)ccn2)n(C)n1. The van der Waals surface area contributed by atoms with Crippen molar-refractivity contribution in [1.29, 1.82) is 0 Å². The maximum absolute atomic E-state index is 10.2. The van der Waals surface area contributed by atoms with Gasteiger partial charge in [0.25, 0.3) is 0 Å². The molecule has 0 saturated carbocycles. The van der Waals surface area contributed by atoms with Crippen molar-refractivity contribution >= 4 is 0 Å². The Balaban J connectivity index is 2.15. The summed E-state index contributed by atoms with van der Waals surface area (Å²) in [6, 6.07) is 5.89. The summed E-state index contributed by atoms with van der Waals surface area (Å²) >= 11 is 0. The molecule has 0 radical (unpaired) electrons. The van der Waals surface area contributed by atoms with E-state index in [2.05, 4.69) is 17.0 Å². The van der Waals surface area contributed by atoms with Gasteiger partial charge in [-0.1, -0.05) is 6.92 Å². The van der Waals surface area contributed by atoms with E-state index in [1.54, 1.807) is 6.20 Å². The standard InChI is InChI=1S/C14H19N3O/c1-4-11-8-12(17(3)16-11)9-14(18)13-7-10(2)5-6-15-13/h5-8,14,18H,4,9H2,1-3H3. The van der Waals surface area contributed by atoms with Gasteiger partial charge in [0.15, 0.2) is 0 Å². The molecule has 0 spiro atoms. The van der Waals surface area contributed by atoms with Crippen LogP contribution in [-0.4, -0.2) is 19.9 Å². The maximum Gasteiger partial charge on any atom is 0.101 e. The second-order valence-electron chi connectivity index (χ2n) is 4.58. The van der Waals surface area contributed by atoms with Gasteiger partial charge in [-0.05, 0) is 37.1 Å². The first-order valence-corrected chi connectivity index (χ1v) is 6.22. The number of hydrogen-bond acceptors (Lipinski definition) is 3. The molecule has 2 rings (SSSR count). The van der Waals surface area contributed by atoms with Crippen LogP contribution in [0.15, 0.2) is 24.4 Å². The Labute approximate surface area is 107 Å². The fourth-order valence-electron chi connectivity index (χ4n) is 1.98.